The lowest BCUT2D eigenvalue weighted by Gasteiger charge is -2.20. The van der Waals surface area contributed by atoms with Crippen molar-refractivity contribution in [2.75, 3.05) is 13.2 Å². The number of ether oxygens (including phenoxy) is 6. The second kappa shape index (κ2) is 10.5. The van der Waals surface area contributed by atoms with E-state index in [0.717, 1.165) is 71.0 Å². The van der Waals surface area contributed by atoms with E-state index in [4.69, 9.17) is 28.4 Å². The normalized spacial score (nSPS) is 18.2. The van der Waals surface area contributed by atoms with Crippen LogP contribution in [0.5, 0.6) is 17.2 Å². The number of hydrogen-bond donors (Lipinski definition) is 0. The van der Waals surface area contributed by atoms with Crippen LogP contribution in [0.15, 0.2) is 90.7 Å². The zero-order valence-electron chi connectivity index (χ0n) is 19.9. The van der Waals surface area contributed by atoms with Crippen LogP contribution in [0.2, 0.25) is 0 Å². The number of allylic oxidation sites excluding steroid dienone is 3. The summed E-state index contributed by atoms with van der Waals surface area (Å²) in [6.45, 7) is -0.667. The molecule has 6 nitrogen and oxygen atoms in total. The second-order valence-electron chi connectivity index (χ2n) is 8.75. The van der Waals surface area contributed by atoms with Gasteiger partial charge in [0.1, 0.15) is 23.0 Å². The summed E-state index contributed by atoms with van der Waals surface area (Å²) in [5.74, 6) is 3.07. The highest BCUT2D eigenvalue weighted by molar-refractivity contribution is 5.81. The van der Waals surface area contributed by atoms with Gasteiger partial charge in [-0.2, -0.15) is 0 Å². The fourth-order valence-corrected chi connectivity index (χ4v) is 4.54. The molecule has 0 N–H and O–H groups in total. The molecule has 1 aliphatic carbocycles. The quantitative estimate of drug-likeness (QED) is 0.349. The molecule has 0 saturated heterocycles. The monoisotopic (exact) mass is 484 g/mol. The fraction of sp³-hybridized carbons (Fsp3) is 0.267. The Balaban J connectivity index is 1.01. The van der Waals surface area contributed by atoms with E-state index in [0.29, 0.717) is 13.2 Å². The van der Waals surface area contributed by atoms with Crippen molar-refractivity contribution < 1.29 is 28.4 Å². The molecule has 6 heteroatoms. The number of unbranched alkanes of at least 4 members (excludes halogenated alkanes) is 1. The molecule has 0 aromatic heterocycles. The smallest absolute Gasteiger partial charge is 0.360 e. The van der Waals surface area contributed by atoms with Crippen LogP contribution in [0.3, 0.4) is 0 Å². The minimum atomic E-state index is -0.816. The van der Waals surface area contributed by atoms with E-state index >= 15 is 0 Å². The molecule has 0 bridgehead atoms. The molecule has 1 unspecified atom stereocenters. The van der Waals surface area contributed by atoms with Crippen LogP contribution in [0.4, 0.5) is 0 Å². The fourth-order valence-electron chi connectivity index (χ4n) is 4.54. The molecule has 2 heterocycles. The molecule has 3 aliphatic rings. The van der Waals surface area contributed by atoms with Crippen molar-refractivity contribution >= 4 is 5.57 Å². The Morgan fingerprint density at radius 3 is 1.64 bits per heavy atom. The third-order valence-electron chi connectivity index (χ3n) is 6.29. The molecule has 0 saturated carbocycles. The van der Waals surface area contributed by atoms with Gasteiger partial charge in [0, 0.05) is 22.3 Å². The first-order chi connectivity index (χ1) is 17.8. The standard InChI is InChI=1S/C30H28O6/c1-5-15-25-21(11-1)22-12-2-6-16-26(22)34-29(33-25)31-19-9-10-20-32-30-35-27-17-7-3-13-23(27)24-14-4-8-18-28(24)36-30/h1-3,5-7,11-18,29-30H,4,8-10,19-20H2. The van der Waals surface area contributed by atoms with Gasteiger partial charge >= 0.3 is 13.0 Å². The average molecular weight is 485 g/mol. The Bertz CT molecular complexity index is 1230. The molecule has 1 atom stereocenters. The highest BCUT2D eigenvalue weighted by atomic mass is 16.9. The van der Waals surface area contributed by atoms with Gasteiger partial charge in [-0.15, -0.1) is 0 Å². The number of fused-ring (bicyclic) bond motifs is 6. The predicted molar refractivity (Wildman–Crippen MR) is 135 cm³/mol. The Morgan fingerprint density at radius 2 is 1.03 bits per heavy atom. The van der Waals surface area contributed by atoms with E-state index in [-0.39, 0.29) is 0 Å². The third kappa shape index (κ3) is 4.83. The number of rotatable bonds is 7. The molecule has 3 aromatic carbocycles. The summed E-state index contributed by atoms with van der Waals surface area (Å²) in [6, 6.07) is 23.7. The minimum Gasteiger partial charge on any atom is -0.432 e. The van der Waals surface area contributed by atoms with Gasteiger partial charge in [-0.25, -0.2) is 0 Å². The molecule has 0 spiro atoms. The molecule has 6 rings (SSSR count). The van der Waals surface area contributed by atoms with Gasteiger partial charge in [-0.3, -0.25) is 0 Å². The maximum atomic E-state index is 6.06. The Hall–Kier alpha value is -3.74. The summed E-state index contributed by atoms with van der Waals surface area (Å²) in [4.78, 5) is 0. The van der Waals surface area contributed by atoms with Crippen LogP contribution in [0.25, 0.3) is 16.7 Å². The van der Waals surface area contributed by atoms with Crippen molar-refractivity contribution in [1.82, 2.24) is 0 Å². The van der Waals surface area contributed by atoms with Crippen molar-refractivity contribution in [2.24, 2.45) is 0 Å². The molecular formula is C30H28O6. The minimum absolute atomic E-state index is 0.464. The van der Waals surface area contributed by atoms with E-state index in [1.165, 1.54) is 0 Å². The molecule has 0 radical (unpaired) electrons. The van der Waals surface area contributed by atoms with Crippen LogP contribution < -0.4 is 14.2 Å². The first-order valence-electron chi connectivity index (χ1n) is 12.4. The summed E-state index contributed by atoms with van der Waals surface area (Å²) in [5, 5.41) is 0. The highest BCUT2D eigenvalue weighted by Gasteiger charge is 2.27. The van der Waals surface area contributed by atoms with Crippen LogP contribution in [-0.4, -0.2) is 26.2 Å². The average Bonchev–Trinajstić information content (AvgIpc) is 3.18. The summed E-state index contributed by atoms with van der Waals surface area (Å²) >= 11 is 0. The van der Waals surface area contributed by atoms with Gasteiger partial charge in [0.05, 0.1) is 13.2 Å². The van der Waals surface area contributed by atoms with Gasteiger partial charge in [0.25, 0.3) is 0 Å². The van der Waals surface area contributed by atoms with E-state index < -0.39 is 13.0 Å². The molecule has 0 amide bonds. The number of para-hydroxylation sites is 3. The van der Waals surface area contributed by atoms with E-state index in [1.54, 1.807) is 0 Å². The van der Waals surface area contributed by atoms with Crippen molar-refractivity contribution in [2.45, 2.75) is 38.6 Å². The van der Waals surface area contributed by atoms with Crippen LogP contribution in [0, 0.1) is 0 Å². The molecule has 184 valence electrons. The zero-order chi connectivity index (χ0) is 24.2. The highest BCUT2D eigenvalue weighted by Crippen LogP contribution is 2.40. The summed E-state index contributed by atoms with van der Waals surface area (Å²) in [5.41, 5.74) is 4.09. The molecule has 36 heavy (non-hydrogen) atoms. The van der Waals surface area contributed by atoms with Crippen LogP contribution >= 0.6 is 0 Å². The van der Waals surface area contributed by atoms with E-state index in [1.807, 2.05) is 66.7 Å². The lowest BCUT2D eigenvalue weighted by molar-refractivity contribution is -0.225. The van der Waals surface area contributed by atoms with E-state index in [9.17, 15) is 0 Å². The maximum absolute atomic E-state index is 6.06. The molecule has 0 fully saturated rings. The summed E-state index contributed by atoms with van der Waals surface area (Å²) in [7, 11) is 0. The van der Waals surface area contributed by atoms with Gasteiger partial charge in [-0.05, 0) is 50.0 Å². The predicted octanol–water partition coefficient (Wildman–Crippen LogP) is 6.68. The van der Waals surface area contributed by atoms with Crippen molar-refractivity contribution in [3.63, 3.8) is 0 Å². The van der Waals surface area contributed by atoms with Gasteiger partial charge in [0.2, 0.25) is 0 Å². The SMILES string of the molecule is C1=C2OC(OCCCCOC3Oc4ccccc4-c4ccccc4O3)Oc3ccccc3C2=CCC1. The van der Waals surface area contributed by atoms with Gasteiger partial charge < -0.3 is 28.4 Å². The molecular weight excluding hydrogens is 456 g/mol. The first-order valence-corrected chi connectivity index (χ1v) is 12.4. The van der Waals surface area contributed by atoms with Crippen LogP contribution in [-0.2, 0) is 14.2 Å². The Labute approximate surface area is 210 Å². The Morgan fingerprint density at radius 1 is 0.556 bits per heavy atom. The van der Waals surface area contributed by atoms with E-state index in [2.05, 4.69) is 18.2 Å². The lowest BCUT2D eigenvalue weighted by Crippen LogP contribution is -2.27. The van der Waals surface area contributed by atoms with Crippen LogP contribution in [0.1, 0.15) is 31.2 Å². The topological polar surface area (TPSA) is 55.4 Å². The van der Waals surface area contributed by atoms with Gasteiger partial charge in [-0.1, -0.05) is 60.7 Å². The number of hydrogen-bond acceptors (Lipinski definition) is 6. The van der Waals surface area contributed by atoms with Crippen molar-refractivity contribution in [3.8, 4) is 28.4 Å². The first kappa shape index (κ1) is 22.7. The second-order valence-corrected chi connectivity index (χ2v) is 8.75. The van der Waals surface area contributed by atoms with Crippen molar-refractivity contribution in [3.05, 3.63) is 96.3 Å². The lowest BCUT2D eigenvalue weighted by atomic mass is 9.97. The summed E-state index contributed by atoms with van der Waals surface area (Å²) in [6.07, 6.45) is 7.79. The van der Waals surface area contributed by atoms with Crippen molar-refractivity contribution in [1.29, 1.82) is 0 Å². The van der Waals surface area contributed by atoms with Gasteiger partial charge in [0.15, 0.2) is 0 Å². The molecule has 2 aliphatic heterocycles. The largest absolute Gasteiger partial charge is 0.432 e. The number of benzene rings is 3. The molecule has 3 aromatic rings. The Kier molecular flexibility index (Phi) is 6.61. The zero-order valence-corrected chi connectivity index (χ0v) is 19.9. The summed E-state index contributed by atoms with van der Waals surface area (Å²) < 4.78 is 36.0. The third-order valence-corrected chi connectivity index (χ3v) is 6.29. The maximum Gasteiger partial charge on any atom is 0.360 e.